The van der Waals surface area contributed by atoms with Gasteiger partial charge in [0.2, 0.25) is 0 Å². The highest BCUT2D eigenvalue weighted by atomic mass is 35.5. The van der Waals surface area contributed by atoms with Crippen LogP contribution in [0.25, 0.3) is 0 Å². The molecule has 0 saturated carbocycles. The molecule has 3 rings (SSSR count). The third-order valence-electron chi connectivity index (χ3n) is 5.34. The Bertz CT molecular complexity index is 838. The predicted molar refractivity (Wildman–Crippen MR) is 124 cm³/mol. The molecule has 0 unspecified atom stereocenters. The number of nitrogens with zero attached hydrogens (tertiary/aromatic N) is 1. The maximum atomic E-state index is 6.25. The van der Waals surface area contributed by atoms with Crippen molar-refractivity contribution in [2.24, 2.45) is 11.1 Å². The highest BCUT2D eigenvalue weighted by molar-refractivity contribution is 6.30. The zero-order valence-corrected chi connectivity index (χ0v) is 18.1. The van der Waals surface area contributed by atoms with Gasteiger partial charge in [0.1, 0.15) is 0 Å². The van der Waals surface area contributed by atoms with Gasteiger partial charge in [-0.2, -0.15) is 0 Å². The van der Waals surface area contributed by atoms with Crippen LogP contribution in [0.2, 0.25) is 5.02 Å². The van der Waals surface area contributed by atoms with Gasteiger partial charge < -0.3 is 5.73 Å². The quantitative estimate of drug-likeness (QED) is 0.475. The van der Waals surface area contributed by atoms with Crippen molar-refractivity contribution in [1.82, 2.24) is 4.90 Å². The second-order valence-corrected chi connectivity index (χ2v) is 8.98. The first kappa shape index (κ1) is 21.6. The normalized spacial score (nSPS) is 11.9. The summed E-state index contributed by atoms with van der Waals surface area (Å²) in [6.45, 7) is 7.81. The summed E-state index contributed by atoms with van der Waals surface area (Å²) in [4.78, 5) is 2.52. The van der Waals surface area contributed by atoms with Gasteiger partial charge >= 0.3 is 0 Å². The van der Waals surface area contributed by atoms with Crippen molar-refractivity contribution in [2.45, 2.75) is 26.3 Å². The molecule has 0 bridgehead atoms. The minimum atomic E-state index is 0.0382. The van der Waals surface area contributed by atoms with Gasteiger partial charge in [-0.3, -0.25) is 4.90 Å². The third-order valence-corrected chi connectivity index (χ3v) is 5.58. The smallest absolute Gasteiger partial charge is 0.0409 e. The maximum Gasteiger partial charge on any atom is 0.0409 e. The van der Waals surface area contributed by atoms with Crippen LogP contribution in [0.5, 0.6) is 0 Å². The Hall–Kier alpha value is -2.13. The number of hydrogen-bond donors (Lipinski definition) is 1. The van der Waals surface area contributed by atoms with Crippen molar-refractivity contribution >= 4 is 11.6 Å². The van der Waals surface area contributed by atoms with Gasteiger partial charge in [0.05, 0.1) is 0 Å². The molecule has 3 aromatic carbocycles. The molecule has 0 aliphatic heterocycles. The first-order valence-corrected chi connectivity index (χ1v) is 10.6. The van der Waals surface area contributed by atoms with Crippen LogP contribution >= 0.6 is 11.6 Å². The van der Waals surface area contributed by atoms with Crippen molar-refractivity contribution in [1.29, 1.82) is 0 Å². The molecule has 0 amide bonds. The summed E-state index contributed by atoms with van der Waals surface area (Å²) in [6, 6.07) is 29.7. The Kier molecular flexibility index (Phi) is 7.49. The van der Waals surface area contributed by atoms with Crippen LogP contribution in [0.1, 0.15) is 36.5 Å². The largest absolute Gasteiger partial charge is 0.330 e. The lowest BCUT2D eigenvalue weighted by molar-refractivity contribution is 0.171. The van der Waals surface area contributed by atoms with Crippen molar-refractivity contribution in [3.05, 3.63) is 107 Å². The van der Waals surface area contributed by atoms with Gasteiger partial charge in [-0.15, -0.1) is 0 Å². The molecule has 29 heavy (non-hydrogen) atoms. The minimum Gasteiger partial charge on any atom is -0.330 e. The second kappa shape index (κ2) is 10.1. The Labute approximate surface area is 180 Å². The standard InChI is InChI=1S/C26H31ClN2/c1-26(2,19-28)20-29(17-21-10-9-15-24(27)16-21)18-25(22-11-5-3-6-12-22)23-13-7-4-8-14-23/h3-16,25H,17-20,28H2,1-2H3. The third kappa shape index (κ3) is 6.43. The maximum absolute atomic E-state index is 6.25. The molecule has 0 spiro atoms. The van der Waals surface area contributed by atoms with Crippen molar-refractivity contribution in [3.63, 3.8) is 0 Å². The van der Waals surface area contributed by atoms with Crippen LogP contribution in [0.3, 0.4) is 0 Å². The van der Waals surface area contributed by atoms with Crippen LogP contribution in [0, 0.1) is 5.41 Å². The lowest BCUT2D eigenvalue weighted by Gasteiger charge is -2.34. The summed E-state index contributed by atoms with van der Waals surface area (Å²) < 4.78 is 0. The second-order valence-electron chi connectivity index (χ2n) is 8.54. The molecule has 0 atom stereocenters. The highest BCUT2D eigenvalue weighted by Gasteiger charge is 2.24. The Balaban J connectivity index is 1.91. The number of nitrogens with two attached hydrogens (primary N) is 1. The fourth-order valence-corrected chi connectivity index (χ4v) is 3.99. The number of halogens is 1. The fraction of sp³-hybridized carbons (Fsp3) is 0.308. The first-order valence-electron chi connectivity index (χ1n) is 10.2. The lowest BCUT2D eigenvalue weighted by atomic mass is 9.88. The van der Waals surface area contributed by atoms with Gasteiger partial charge in [0, 0.05) is 30.6 Å². The van der Waals surface area contributed by atoms with E-state index < -0.39 is 0 Å². The Morgan fingerprint density at radius 1 is 0.862 bits per heavy atom. The fourth-order valence-electron chi connectivity index (χ4n) is 3.78. The number of hydrogen-bond acceptors (Lipinski definition) is 2. The molecule has 0 saturated heterocycles. The van der Waals surface area contributed by atoms with Crippen LogP contribution in [-0.2, 0) is 6.54 Å². The van der Waals surface area contributed by atoms with Crippen LogP contribution in [-0.4, -0.2) is 24.5 Å². The molecule has 0 aliphatic carbocycles. The summed E-state index contributed by atoms with van der Waals surface area (Å²) in [6.07, 6.45) is 0. The van der Waals surface area contributed by atoms with E-state index in [4.69, 9.17) is 17.3 Å². The Morgan fingerprint density at radius 2 is 1.45 bits per heavy atom. The van der Waals surface area contributed by atoms with E-state index in [0.717, 1.165) is 24.7 Å². The molecule has 0 fully saturated rings. The molecule has 0 heterocycles. The van der Waals surface area contributed by atoms with Gasteiger partial charge in [-0.25, -0.2) is 0 Å². The van der Waals surface area contributed by atoms with E-state index in [1.807, 2.05) is 12.1 Å². The van der Waals surface area contributed by atoms with Crippen molar-refractivity contribution in [3.8, 4) is 0 Å². The van der Waals surface area contributed by atoms with E-state index in [1.165, 1.54) is 16.7 Å². The predicted octanol–water partition coefficient (Wildman–Crippen LogP) is 5.96. The van der Waals surface area contributed by atoms with Crippen LogP contribution < -0.4 is 5.73 Å². The molecule has 152 valence electrons. The summed E-state index contributed by atoms with van der Waals surface area (Å²) in [5, 5.41) is 0.781. The molecule has 2 N–H and O–H groups in total. The monoisotopic (exact) mass is 406 g/mol. The summed E-state index contributed by atoms with van der Waals surface area (Å²) in [5.41, 5.74) is 10.0. The summed E-state index contributed by atoms with van der Waals surface area (Å²) in [5.74, 6) is 0.296. The van der Waals surface area contributed by atoms with E-state index in [0.29, 0.717) is 12.5 Å². The zero-order valence-electron chi connectivity index (χ0n) is 17.4. The highest BCUT2D eigenvalue weighted by Crippen LogP contribution is 2.28. The van der Waals surface area contributed by atoms with Crippen molar-refractivity contribution < 1.29 is 0 Å². The van der Waals surface area contributed by atoms with E-state index in [-0.39, 0.29) is 5.41 Å². The van der Waals surface area contributed by atoms with E-state index in [1.54, 1.807) is 0 Å². The minimum absolute atomic E-state index is 0.0382. The number of rotatable bonds is 9. The molecule has 2 nitrogen and oxygen atoms in total. The van der Waals surface area contributed by atoms with Gasteiger partial charge in [-0.05, 0) is 40.8 Å². The van der Waals surface area contributed by atoms with Crippen molar-refractivity contribution in [2.75, 3.05) is 19.6 Å². The zero-order chi connectivity index (χ0) is 20.7. The number of benzene rings is 3. The van der Waals surface area contributed by atoms with Crippen LogP contribution in [0.4, 0.5) is 0 Å². The molecular formula is C26H31ClN2. The van der Waals surface area contributed by atoms with Gasteiger partial charge in [0.15, 0.2) is 0 Å². The average molecular weight is 407 g/mol. The molecule has 0 aromatic heterocycles. The average Bonchev–Trinajstić information content (AvgIpc) is 2.73. The van der Waals surface area contributed by atoms with Crippen LogP contribution in [0.15, 0.2) is 84.9 Å². The molecule has 3 heteroatoms. The molecular weight excluding hydrogens is 376 g/mol. The van der Waals surface area contributed by atoms with E-state index >= 15 is 0 Å². The lowest BCUT2D eigenvalue weighted by Crippen LogP contribution is -2.40. The SMILES string of the molecule is CC(C)(CN)CN(Cc1cccc(Cl)c1)CC(c1ccccc1)c1ccccc1. The molecule has 0 radical (unpaired) electrons. The summed E-state index contributed by atoms with van der Waals surface area (Å²) >= 11 is 6.25. The molecule has 3 aromatic rings. The molecule has 0 aliphatic rings. The van der Waals surface area contributed by atoms with E-state index in [9.17, 15) is 0 Å². The van der Waals surface area contributed by atoms with E-state index in [2.05, 4.69) is 91.5 Å². The van der Waals surface area contributed by atoms with Gasteiger partial charge in [0.25, 0.3) is 0 Å². The van der Waals surface area contributed by atoms with Gasteiger partial charge in [-0.1, -0.05) is 98.2 Å². The first-order chi connectivity index (χ1) is 14.0. The summed E-state index contributed by atoms with van der Waals surface area (Å²) in [7, 11) is 0. The Morgan fingerprint density at radius 3 is 1.97 bits per heavy atom. The topological polar surface area (TPSA) is 29.3 Å².